The number of thiazole rings is 1. The molecule has 2 aromatic rings. The van der Waals surface area contributed by atoms with Crippen LogP contribution in [0.25, 0.3) is 10.6 Å². The lowest BCUT2D eigenvalue weighted by Crippen LogP contribution is -2.04. The van der Waals surface area contributed by atoms with Crippen LogP contribution in [0.2, 0.25) is 0 Å². The lowest BCUT2D eigenvalue weighted by Gasteiger charge is -2.05. The van der Waals surface area contributed by atoms with Gasteiger partial charge in [0.25, 0.3) is 0 Å². The fraction of sp³-hybridized carbons (Fsp3) is 0.357. The Bertz CT molecular complexity index is 508. The van der Waals surface area contributed by atoms with Crippen molar-refractivity contribution in [2.45, 2.75) is 26.3 Å². The summed E-state index contributed by atoms with van der Waals surface area (Å²) in [6.45, 7) is 4.78. The molecule has 3 nitrogen and oxygen atoms in total. The molecular formula is C14H18N2OS. The van der Waals surface area contributed by atoms with Gasteiger partial charge in [-0.05, 0) is 25.5 Å². The first-order chi connectivity index (χ1) is 8.70. The van der Waals surface area contributed by atoms with Gasteiger partial charge in [0.1, 0.15) is 10.8 Å². The highest BCUT2D eigenvalue weighted by atomic mass is 32.1. The average molecular weight is 262 g/mol. The normalized spacial score (nSPS) is 12.4. The molecule has 0 saturated heterocycles. The number of nitrogens with zero attached hydrogens (tertiary/aromatic N) is 1. The van der Waals surface area contributed by atoms with Crippen LogP contribution in [0.4, 0.5) is 0 Å². The van der Waals surface area contributed by atoms with Crippen molar-refractivity contribution in [2.24, 2.45) is 5.73 Å². The van der Waals surface area contributed by atoms with Crippen molar-refractivity contribution in [2.75, 3.05) is 6.61 Å². The van der Waals surface area contributed by atoms with Crippen LogP contribution in [0.15, 0.2) is 29.6 Å². The lowest BCUT2D eigenvalue weighted by atomic mass is 10.2. The van der Waals surface area contributed by atoms with Gasteiger partial charge < -0.3 is 10.5 Å². The first-order valence-corrected chi connectivity index (χ1v) is 7.03. The molecule has 0 bridgehead atoms. The van der Waals surface area contributed by atoms with Crippen LogP contribution < -0.4 is 10.5 Å². The number of ether oxygens (including phenoxy) is 1. The molecule has 0 aliphatic carbocycles. The first kappa shape index (κ1) is 13.1. The largest absolute Gasteiger partial charge is 0.494 e. The summed E-state index contributed by atoms with van der Waals surface area (Å²) in [5.41, 5.74) is 7.84. The second kappa shape index (κ2) is 5.98. The van der Waals surface area contributed by atoms with Gasteiger partial charge in [-0.15, -0.1) is 11.3 Å². The highest BCUT2D eigenvalue weighted by Gasteiger charge is 2.08. The summed E-state index contributed by atoms with van der Waals surface area (Å²) in [7, 11) is 0. The maximum absolute atomic E-state index is 5.82. The predicted octanol–water partition coefficient (Wildman–Crippen LogP) is 3.62. The molecule has 0 aliphatic heterocycles. The van der Waals surface area contributed by atoms with E-state index in [2.05, 4.69) is 11.9 Å². The van der Waals surface area contributed by atoms with Crippen LogP contribution in [-0.4, -0.2) is 11.6 Å². The van der Waals surface area contributed by atoms with E-state index in [0.29, 0.717) is 0 Å². The standard InChI is InChI=1S/C14H18N2OS/c1-3-7-17-12-6-4-5-11(8-12)14-16-13(9-18-14)10(2)15/h4-6,8-10H,3,7,15H2,1-2H3. The summed E-state index contributed by atoms with van der Waals surface area (Å²) in [6, 6.07) is 8.02. The van der Waals surface area contributed by atoms with Crippen LogP contribution in [0.5, 0.6) is 5.75 Å². The molecule has 2 rings (SSSR count). The van der Waals surface area contributed by atoms with Gasteiger partial charge in [0.2, 0.25) is 0 Å². The van der Waals surface area contributed by atoms with Crippen LogP contribution >= 0.6 is 11.3 Å². The minimum atomic E-state index is -0.0190. The Morgan fingerprint density at radius 1 is 1.44 bits per heavy atom. The van der Waals surface area contributed by atoms with Gasteiger partial charge in [0.05, 0.1) is 12.3 Å². The zero-order valence-electron chi connectivity index (χ0n) is 10.7. The zero-order valence-corrected chi connectivity index (χ0v) is 11.5. The Labute approximate surface area is 112 Å². The summed E-state index contributed by atoms with van der Waals surface area (Å²) in [4.78, 5) is 4.54. The fourth-order valence-corrected chi connectivity index (χ4v) is 2.49. The van der Waals surface area contributed by atoms with E-state index in [1.165, 1.54) is 0 Å². The lowest BCUT2D eigenvalue weighted by molar-refractivity contribution is 0.317. The Balaban J connectivity index is 2.21. The van der Waals surface area contributed by atoms with Crippen LogP contribution in [0.3, 0.4) is 0 Å². The number of aromatic nitrogens is 1. The average Bonchev–Trinajstić information content (AvgIpc) is 2.86. The molecule has 4 heteroatoms. The molecule has 0 spiro atoms. The number of hydrogen-bond acceptors (Lipinski definition) is 4. The fourth-order valence-electron chi connectivity index (χ4n) is 1.57. The van der Waals surface area contributed by atoms with E-state index in [9.17, 15) is 0 Å². The Morgan fingerprint density at radius 3 is 2.94 bits per heavy atom. The molecule has 1 aromatic heterocycles. The third-order valence-electron chi connectivity index (χ3n) is 2.54. The predicted molar refractivity (Wildman–Crippen MR) is 75.9 cm³/mol. The van der Waals surface area contributed by atoms with Crippen molar-refractivity contribution in [3.05, 3.63) is 35.3 Å². The molecule has 0 saturated carbocycles. The van der Waals surface area contributed by atoms with Crippen LogP contribution in [-0.2, 0) is 0 Å². The van der Waals surface area contributed by atoms with Crippen LogP contribution in [0, 0.1) is 0 Å². The van der Waals surface area contributed by atoms with Crippen LogP contribution in [0.1, 0.15) is 32.0 Å². The van der Waals surface area contributed by atoms with Crippen molar-refractivity contribution < 1.29 is 4.74 Å². The quantitative estimate of drug-likeness (QED) is 0.895. The van der Waals surface area contributed by atoms with E-state index in [4.69, 9.17) is 10.5 Å². The number of benzene rings is 1. The highest BCUT2D eigenvalue weighted by Crippen LogP contribution is 2.28. The highest BCUT2D eigenvalue weighted by molar-refractivity contribution is 7.13. The van der Waals surface area contributed by atoms with Gasteiger partial charge >= 0.3 is 0 Å². The second-order valence-electron chi connectivity index (χ2n) is 4.24. The van der Waals surface area contributed by atoms with E-state index >= 15 is 0 Å². The van der Waals surface area contributed by atoms with Gasteiger partial charge in [-0.3, -0.25) is 0 Å². The zero-order chi connectivity index (χ0) is 13.0. The Kier molecular flexibility index (Phi) is 4.33. The summed E-state index contributed by atoms with van der Waals surface area (Å²) in [5.74, 6) is 0.895. The monoisotopic (exact) mass is 262 g/mol. The molecule has 96 valence electrons. The summed E-state index contributed by atoms with van der Waals surface area (Å²) in [6.07, 6.45) is 1.01. The third-order valence-corrected chi connectivity index (χ3v) is 3.45. The summed E-state index contributed by atoms with van der Waals surface area (Å²) >= 11 is 1.62. The summed E-state index contributed by atoms with van der Waals surface area (Å²) in [5, 5.41) is 3.00. The molecule has 18 heavy (non-hydrogen) atoms. The summed E-state index contributed by atoms with van der Waals surface area (Å²) < 4.78 is 5.62. The number of rotatable bonds is 5. The molecule has 0 radical (unpaired) electrons. The third kappa shape index (κ3) is 3.09. The molecular weight excluding hydrogens is 244 g/mol. The molecule has 1 atom stereocenters. The minimum Gasteiger partial charge on any atom is -0.494 e. The van der Waals surface area contributed by atoms with E-state index in [-0.39, 0.29) is 6.04 Å². The van der Waals surface area contributed by atoms with Gasteiger partial charge in [0, 0.05) is 17.0 Å². The maximum Gasteiger partial charge on any atom is 0.123 e. The molecule has 1 heterocycles. The molecule has 1 aromatic carbocycles. The molecule has 2 N–H and O–H groups in total. The molecule has 0 aliphatic rings. The van der Waals surface area contributed by atoms with Gasteiger partial charge in [0.15, 0.2) is 0 Å². The Hall–Kier alpha value is -1.39. The van der Waals surface area contributed by atoms with Gasteiger partial charge in [-0.2, -0.15) is 0 Å². The maximum atomic E-state index is 5.82. The van der Waals surface area contributed by atoms with E-state index < -0.39 is 0 Å². The van der Waals surface area contributed by atoms with Crippen molar-refractivity contribution in [1.29, 1.82) is 0 Å². The van der Waals surface area contributed by atoms with E-state index in [0.717, 1.165) is 35.0 Å². The van der Waals surface area contributed by atoms with Crippen molar-refractivity contribution in [3.63, 3.8) is 0 Å². The van der Waals surface area contributed by atoms with Crippen molar-refractivity contribution >= 4 is 11.3 Å². The van der Waals surface area contributed by atoms with Gasteiger partial charge in [-0.25, -0.2) is 4.98 Å². The smallest absolute Gasteiger partial charge is 0.123 e. The SMILES string of the molecule is CCCOc1cccc(-c2nc(C(C)N)cs2)c1. The molecule has 0 amide bonds. The number of nitrogens with two attached hydrogens (primary N) is 1. The molecule has 0 fully saturated rings. The van der Waals surface area contributed by atoms with Crippen molar-refractivity contribution in [3.8, 4) is 16.3 Å². The second-order valence-corrected chi connectivity index (χ2v) is 5.10. The van der Waals surface area contributed by atoms with Gasteiger partial charge in [-0.1, -0.05) is 19.1 Å². The molecule has 1 unspecified atom stereocenters. The first-order valence-electron chi connectivity index (χ1n) is 6.15. The van der Waals surface area contributed by atoms with E-state index in [1.807, 2.05) is 36.6 Å². The van der Waals surface area contributed by atoms with E-state index in [1.54, 1.807) is 11.3 Å². The van der Waals surface area contributed by atoms with Crippen molar-refractivity contribution in [1.82, 2.24) is 4.98 Å². The topological polar surface area (TPSA) is 48.1 Å². The number of hydrogen-bond donors (Lipinski definition) is 1. The minimum absolute atomic E-state index is 0.0190. The Morgan fingerprint density at radius 2 is 2.28 bits per heavy atom.